The molecule has 1 heterocycles. The van der Waals surface area contributed by atoms with Crippen LogP contribution in [0.1, 0.15) is 43.7 Å². The lowest BCUT2D eigenvalue weighted by molar-refractivity contribution is -0.119. The van der Waals surface area contributed by atoms with Crippen molar-refractivity contribution in [1.82, 2.24) is 10.5 Å². The standard InChI is InChI=1S/C19H25N3O3S/c1-5-15-6-8-16(9-7-15)13(3)20-18(23)11-26-14(4)19(24)21-17-10-12(2)25-22-17/h6-10,13-14H,5,11H2,1-4H3,(H,20,23)(H,21,22,24). The summed E-state index contributed by atoms with van der Waals surface area (Å²) in [6, 6.07) is 9.79. The second-order valence-corrected chi connectivity index (χ2v) is 7.48. The number of hydrogen-bond acceptors (Lipinski definition) is 5. The second kappa shape index (κ2) is 9.43. The Morgan fingerprint density at radius 2 is 1.92 bits per heavy atom. The topological polar surface area (TPSA) is 84.2 Å². The predicted molar refractivity (Wildman–Crippen MR) is 104 cm³/mol. The van der Waals surface area contributed by atoms with Gasteiger partial charge in [-0.25, -0.2) is 0 Å². The predicted octanol–water partition coefficient (Wildman–Crippen LogP) is 3.48. The minimum absolute atomic E-state index is 0.0729. The lowest BCUT2D eigenvalue weighted by Crippen LogP contribution is -2.30. The van der Waals surface area contributed by atoms with Crippen molar-refractivity contribution < 1.29 is 14.1 Å². The number of rotatable bonds is 8. The van der Waals surface area contributed by atoms with Crippen LogP contribution in [0.4, 0.5) is 5.82 Å². The number of nitrogens with one attached hydrogen (secondary N) is 2. The van der Waals surface area contributed by atoms with Gasteiger partial charge in [0.2, 0.25) is 11.8 Å². The molecule has 2 N–H and O–H groups in total. The molecule has 0 spiro atoms. The van der Waals surface area contributed by atoms with Crippen molar-refractivity contribution in [1.29, 1.82) is 0 Å². The number of aryl methyl sites for hydroxylation is 2. The van der Waals surface area contributed by atoms with E-state index in [1.165, 1.54) is 17.3 Å². The summed E-state index contributed by atoms with van der Waals surface area (Å²) in [7, 11) is 0. The minimum atomic E-state index is -0.378. The average molecular weight is 375 g/mol. The number of benzene rings is 1. The number of amides is 2. The molecule has 0 fully saturated rings. The molecule has 2 amide bonds. The van der Waals surface area contributed by atoms with Gasteiger partial charge >= 0.3 is 0 Å². The van der Waals surface area contributed by atoms with Gasteiger partial charge in [0.05, 0.1) is 17.0 Å². The quantitative estimate of drug-likeness (QED) is 0.738. The second-order valence-electron chi connectivity index (χ2n) is 6.15. The molecule has 0 aliphatic carbocycles. The van der Waals surface area contributed by atoms with E-state index in [9.17, 15) is 9.59 Å². The van der Waals surface area contributed by atoms with Crippen LogP contribution in [0.25, 0.3) is 0 Å². The molecule has 0 saturated heterocycles. The number of nitrogens with zero attached hydrogens (tertiary/aromatic N) is 1. The number of carbonyl (C=O) groups excluding carboxylic acids is 2. The third-order valence-corrected chi connectivity index (χ3v) is 5.12. The first-order valence-electron chi connectivity index (χ1n) is 8.63. The number of hydrogen-bond donors (Lipinski definition) is 2. The lowest BCUT2D eigenvalue weighted by Gasteiger charge is -2.16. The van der Waals surface area contributed by atoms with Crippen molar-refractivity contribution in [3.8, 4) is 0 Å². The molecular formula is C19H25N3O3S. The Labute approximate surface area is 158 Å². The molecular weight excluding hydrogens is 350 g/mol. The zero-order valence-corrected chi connectivity index (χ0v) is 16.4. The molecule has 26 heavy (non-hydrogen) atoms. The van der Waals surface area contributed by atoms with Gasteiger partial charge < -0.3 is 15.2 Å². The third-order valence-electron chi connectivity index (χ3n) is 3.98. The molecule has 0 bridgehead atoms. The van der Waals surface area contributed by atoms with Crippen LogP contribution in [0.2, 0.25) is 0 Å². The molecule has 0 aliphatic rings. The molecule has 2 unspecified atom stereocenters. The van der Waals surface area contributed by atoms with Crippen LogP contribution >= 0.6 is 11.8 Å². The maximum Gasteiger partial charge on any atom is 0.238 e. The summed E-state index contributed by atoms with van der Waals surface area (Å²) in [5, 5.41) is 8.97. The SMILES string of the molecule is CCc1ccc(C(C)NC(=O)CSC(C)C(=O)Nc2cc(C)on2)cc1. The zero-order valence-electron chi connectivity index (χ0n) is 15.5. The van der Waals surface area contributed by atoms with Crippen molar-refractivity contribution in [2.45, 2.75) is 45.4 Å². The van der Waals surface area contributed by atoms with E-state index in [1.54, 1.807) is 19.9 Å². The van der Waals surface area contributed by atoms with Crippen molar-refractivity contribution in [2.24, 2.45) is 0 Å². The van der Waals surface area contributed by atoms with E-state index >= 15 is 0 Å². The smallest absolute Gasteiger partial charge is 0.238 e. The van der Waals surface area contributed by atoms with Crippen molar-refractivity contribution >= 4 is 29.4 Å². The molecule has 0 saturated carbocycles. The van der Waals surface area contributed by atoms with Crippen LogP contribution in [0.5, 0.6) is 0 Å². The summed E-state index contributed by atoms with van der Waals surface area (Å²) in [6.45, 7) is 7.57. The Bertz CT molecular complexity index is 743. The van der Waals surface area contributed by atoms with Crippen LogP contribution in [0.15, 0.2) is 34.9 Å². The van der Waals surface area contributed by atoms with Crippen molar-refractivity contribution in [3.63, 3.8) is 0 Å². The fourth-order valence-corrected chi connectivity index (χ4v) is 3.03. The van der Waals surface area contributed by atoms with E-state index in [2.05, 4.69) is 34.8 Å². The first-order chi connectivity index (χ1) is 12.4. The fraction of sp³-hybridized carbons (Fsp3) is 0.421. The summed E-state index contributed by atoms with van der Waals surface area (Å²) >= 11 is 1.28. The highest BCUT2D eigenvalue weighted by molar-refractivity contribution is 8.01. The van der Waals surface area contributed by atoms with Crippen LogP contribution in [-0.4, -0.2) is 28.0 Å². The number of anilines is 1. The van der Waals surface area contributed by atoms with Crippen LogP contribution in [0.3, 0.4) is 0 Å². The molecule has 1 aromatic carbocycles. The number of thioether (sulfide) groups is 1. The first-order valence-corrected chi connectivity index (χ1v) is 9.68. The molecule has 140 valence electrons. The minimum Gasteiger partial charge on any atom is -0.360 e. The molecule has 0 radical (unpaired) electrons. The molecule has 2 aromatic rings. The normalized spacial score (nSPS) is 13.1. The van der Waals surface area contributed by atoms with Gasteiger partial charge in [0.25, 0.3) is 0 Å². The molecule has 2 rings (SSSR count). The molecule has 7 heteroatoms. The van der Waals surface area contributed by atoms with E-state index in [0.717, 1.165) is 12.0 Å². The molecule has 2 atom stereocenters. The molecule has 0 aliphatic heterocycles. The van der Waals surface area contributed by atoms with Gasteiger partial charge in [-0.2, -0.15) is 0 Å². The first kappa shape index (κ1) is 20.0. The van der Waals surface area contributed by atoms with Gasteiger partial charge in [-0.15, -0.1) is 11.8 Å². The Kier molecular flexibility index (Phi) is 7.26. The van der Waals surface area contributed by atoms with E-state index < -0.39 is 0 Å². The van der Waals surface area contributed by atoms with Gasteiger partial charge in [-0.05, 0) is 38.3 Å². The van der Waals surface area contributed by atoms with Gasteiger partial charge in [0.1, 0.15) is 5.76 Å². The molecule has 1 aromatic heterocycles. The van der Waals surface area contributed by atoms with E-state index in [1.807, 2.05) is 19.1 Å². The Hall–Kier alpha value is -2.28. The summed E-state index contributed by atoms with van der Waals surface area (Å²) in [5.41, 5.74) is 2.33. The van der Waals surface area contributed by atoms with E-state index in [4.69, 9.17) is 4.52 Å². The summed E-state index contributed by atoms with van der Waals surface area (Å²) in [5.74, 6) is 0.914. The largest absolute Gasteiger partial charge is 0.360 e. The third kappa shape index (κ3) is 5.91. The van der Waals surface area contributed by atoms with E-state index in [0.29, 0.717) is 11.6 Å². The zero-order chi connectivity index (χ0) is 19.1. The monoisotopic (exact) mass is 375 g/mol. The highest BCUT2D eigenvalue weighted by atomic mass is 32.2. The lowest BCUT2D eigenvalue weighted by atomic mass is 10.1. The van der Waals surface area contributed by atoms with Crippen molar-refractivity contribution in [3.05, 3.63) is 47.2 Å². The highest BCUT2D eigenvalue weighted by Crippen LogP contribution is 2.16. The van der Waals surface area contributed by atoms with E-state index in [-0.39, 0.29) is 28.9 Å². The van der Waals surface area contributed by atoms with Crippen LogP contribution < -0.4 is 10.6 Å². The van der Waals surface area contributed by atoms with Crippen LogP contribution in [0, 0.1) is 6.92 Å². The Balaban J connectivity index is 1.76. The summed E-state index contributed by atoms with van der Waals surface area (Å²) < 4.78 is 4.91. The van der Waals surface area contributed by atoms with Gasteiger partial charge in [-0.1, -0.05) is 36.3 Å². The fourth-order valence-electron chi connectivity index (χ4n) is 2.34. The van der Waals surface area contributed by atoms with Gasteiger partial charge in [0, 0.05) is 6.07 Å². The van der Waals surface area contributed by atoms with Gasteiger partial charge in [-0.3, -0.25) is 9.59 Å². The molecule has 6 nitrogen and oxygen atoms in total. The maximum atomic E-state index is 12.1. The number of carbonyl (C=O) groups is 2. The van der Waals surface area contributed by atoms with Crippen molar-refractivity contribution in [2.75, 3.05) is 11.1 Å². The Morgan fingerprint density at radius 3 is 2.50 bits per heavy atom. The highest BCUT2D eigenvalue weighted by Gasteiger charge is 2.17. The average Bonchev–Trinajstić information content (AvgIpc) is 3.04. The Morgan fingerprint density at radius 1 is 1.23 bits per heavy atom. The maximum absolute atomic E-state index is 12.1. The summed E-state index contributed by atoms with van der Waals surface area (Å²) in [4.78, 5) is 24.2. The number of aromatic nitrogens is 1. The summed E-state index contributed by atoms with van der Waals surface area (Å²) in [6.07, 6.45) is 0.992. The van der Waals surface area contributed by atoms with Crippen LogP contribution in [-0.2, 0) is 16.0 Å². The van der Waals surface area contributed by atoms with Gasteiger partial charge in [0.15, 0.2) is 5.82 Å².